The minimum absolute atomic E-state index is 0.0917. The molecule has 1 atom stereocenters. The van der Waals surface area contributed by atoms with Gasteiger partial charge in [0.15, 0.2) is 0 Å². The van der Waals surface area contributed by atoms with E-state index in [0.29, 0.717) is 23.1 Å². The molecule has 0 saturated heterocycles. The van der Waals surface area contributed by atoms with E-state index in [1.54, 1.807) is 52.8 Å². The third-order valence-electron chi connectivity index (χ3n) is 5.19. The summed E-state index contributed by atoms with van der Waals surface area (Å²) in [6.45, 7) is 1.66. The van der Waals surface area contributed by atoms with Gasteiger partial charge in [-0.1, -0.05) is 24.3 Å². The molecular formula is C22H18N4O2S2. The number of hydrogen-bond donors (Lipinski definition) is 0. The maximum Gasteiger partial charge on any atom is 0.263 e. The summed E-state index contributed by atoms with van der Waals surface area (Å²) in [6.07, 6.45) is 0.663. The quantitative estimate of drug-likeness (QED) is 0.483. The van der Waals surface area contributed by atoms with Crippen LogP contribution in [0.5, 0.6) is 0 Å². The number of benzene rings is 1. The topological polar surface area (TPSA) is 67.6 Å². The first-order valence-electron chi connectivity index (χ1n) is 9.55. The Balaban J connectivity index is 1.51. The van der Waals surface area contributed by atoms with Gasteiger partial charge in [-0.3, -0.25) is 14.2 Å². The van der Waals surface area contributed by atoms with Gasteiger partial charge in [0.1, 0.15) is 12.4 Å². The number of aryl methyl sites for hydroxylation is 1. The van der Waals surface area contributed by atoms with Crippen LogP contribution in [0.1, 0.15) is 28.0 Å². The smallest absolute Gasteiger partial charge is 0.263 e. The Bertz CT molecular complexity index is 1310. The number of rotatable bonds is 4. The molecule has 1 aliphatic heterocycles. The van der Waals surface area contributed by atoms with Crippen molar-refractivity contribution in [1.29, 1.82) is 0 Å². The van der Waals surface area contributed by atoms with Crippen LogP contribution >= 0.6 is 22.7 Å². The molecule has 4 aromatic rings. The molecule has 0 N–H and O–H groups in total. The van der Waals surface area contributed by atoms with E-state index in [4.69, 9.17) is 0 Å². The lowest BCUT2D eigenvalue weighted by Crippen LogP contribution is -2.35. The van der Waals surface area contributed by atoms with E-state index < -0.39 is 0 Å². The highest BCUT2D eigenvalue weighted by atomic mass is 32.1. The van der Waals surface area contributed by atoms with E-state index in [2.05, 4.69) is 10.1 Å². The van der Waals surface area contributed by atoms with E-state index in [9.17, 15) is 9.59 Å². The molecule has 0 spiro atoms. The molecule has 1 amide bonds. The fourth-order valence-electron chi connectivity index (χ4n) is 3.71. The molecule has 0 unspecified atom stereocenters. The van der Waals surface area contributed by atoms with Crippen molar-refractivity contribution in [2.75, 3.05) is 0 Å². The second-order valence-electron chi connectivity index (χ2n) is 7.07. The van der Waals surface area contributed by atoms with Gasteiger partial charge in [-0.15, -0.1) is 22.7 Å². The summed E-state index contributed by atoms with van der Waals surface area (Å²) in [5, 5.41) is 10.7. The van der Waals surface area contributed by atoms with Gasteiger partial charge in [-0.05, 0) is 41.9 Å². The van der Waals surface area contributed by atoms with E-state index >= 15 is 0 Å². The molecule has 0 radical (unpaired) electrons. The second-order valence-corrected chi connectivity index (χ2v) is 8.99. The van der Waals surface area contributed by atoms with Gasteiger partial charge in [0, 0.05) is 11.3 Å². The molecule has 0 fully saturated rings. The van der Waals surface area contributed by atoms with Crippen LogP contribution in [0.25, 0.3) is 10.9 Å². The molecule has 0 saturated carbocycles. The van der Waals surface area contributed by atoms with Crippen molar-refractivity contribution in [3.05, 3.63) is 85.2 Å². The predicted octanol–water partition coefficient (Wildman–Crippen LogP) is 4.21. The van der Waals surface area contributed by atoms with E-state index in [1.165, 1.54) is 4.57 Å². The van der Waals surface area contributed by atoms with Crippen LogP contribution in [-0.2, 0) is 11.3 Å². The predicted molar refractivity (Wildman–Crippen MR) is 120 cm³/mol. The first-order valence-corrected chi connectivity index (χ1v) is 11.3. The third kappa shape index (κ3) is 3.28. The largest absolute Gasteiger partial charge is 0.287 e. The lowest BCUT2D eigenvalue weighted by molar-refractivity contribution is -0.133. The fraction of sp³-hybridized carbons (Fsp3) is 0.182. The highest BCUT2D eigenvalue weighted by molar-refractivity contribution is 7.12. The number of para-hydroxylation sites is 1. The first-order chi connectivity index (χ1) is 14.6. The summed E-state index contributed by atoms with van der Waals surface area (Å²) < 4.78 is 1.44. The summed E-state index contributed by atoms with van der Waals surface area (Å²) in [4.78, 5) is 32.9. The molecule has 3 aromatic heterocycles. The zero-order valence-electron chi connectivity index (χ0n) is 16.2. The Hall–Kier alpha value is -3.10. The molecule has 8 heteroatoms. The summed E-state index contributed by atoms with van der Waals surface area (Å²) in [7, 11) is 0. The summed E-state index contributed by atoms with van der Waals surface area (Å²) in [6, 6.07) is 15.0. The van der Waals surface area contributed by atoms with Gasteiger partial charge in [0.2, 0.25) is 0 Å². The third-order valence-corrected chi connectivity index (χ3v) is 7.08. The Labute approximate surface area is 180 Å². The van der Waals surface area contributed by atoms with Crippen LogP contribution in [0.4, 0.5) is 0 Å². The van der Waals surface area contributed by atoms with Crippen LogP contribution in [0.15, 0.2) is 69.2 Å². The van der Waals surface area contributed by atoms with E-state index in [1.807, 2.05) is 41.1 Å². The van der Waals surface area contributed by atoms with Gasteiger partial charge in [0.25, 0.3) is 11.5 Å². The molecule has 150 valence electrons. The second kappa shape index (κ2) is 7.62. The van der Waals surface area contributed by atoms with Gasteiger partial charge in [-0.2, -0.15) is 5.10 Å². The van der Waals surface area contributed by atoms with Crippen molar-refractivity contribution in [3.8, 4) is 0 Å². The Kier molecular flexibility index (Phi) is 4.80. The molecule has 1 aromatic carbocycles. The van der Waals surface area contributed by atoms with Gasteiger partial charge in [-0.25, -0.2) is 9.99 Å². The molecule has 0 aliphatic carbocycles. The van der Waals surface area contributed by atoms with Crippen LogP contribution in [0.3, 0.4) is 0 Å². The molecule has 0 bridgehead atoms. The summed E-state index contributed by atoms with van der Waals surface area (Å²) in [5.41, 5.74) is 1.33. The average Bonchev–Trinajstić information content (AvgIpc) is 3.51. The summed E-state index contributed by atoms with van der Waals surface area (Å²) >= 11 is 3.22. The van der Waals surface area contributed by atoms with Crippen LogP contribution in [0.2, 0.25) is 0 Å². The number of thiophene rings is 2. The van der Waals surface area contributed by atoms with Crippen molar-refractivity contribution in [1.82, 2.24) is 14.6 Å². The molecule has 6 nitrogen and oxygen atoms in total. The minimum atomic E-state index is -0.220. The summed E-state index contributed by atoms with van der Waals surface area (Å²) in [5.74, 6) is 0.295. The molecule has 30 heavy (non-hydrogen) atoms. The average molecular weight is 435 g/mol. The number of aromatic nitrogens is 2. The fourth-order valence-corrected chi connectivity index (χ4v) is 5.24. The monoisotopic (exact) mass is 434 g/mol. The van der Waals surface area contributed by atoms with Crippen LogP contribution < -0.4 is 5.56 Å². The Morgan fingerprint density at radius 3 is 2.67 bits per heavy atom. The number of hydrazone groups is 1. The molecule has 5 rings (SSSR count). The standard InChI is InChI=1S/C22H18N4O2S2/c1-14-23-16-7-3-2-6-15(16)22(28)25(14)13-21(27)26-18(20-9-5-11-30-20)12-17(24-26)19-8-4-10-29-19/h2-11,18H,12-13H2,1H3/t18-/m0/s1. The number of amides is 1. The molecule has 1 aliphatic rings. The van der Waals surface area contributed by atoms with Gasteiger partial charge < -0.3 is 0 Å². The van der Waals surface area contributed by atoms with Crippen molar-refractivity contribution in [2.45, 2.75) is 25.9 Å². The zero-order valence-corrected chi connectivity index (χ0v) is 17.8. The Morgan fingerprint density at radius 1 is 1.10 bits per heavy atom. The maximum absolute atomic E-state index is 13.3. The maximum atomic E-state index is 13.3. The first kappa shape index (κ1) is 18.9. The van der Waals surface area contributed by atoms with Crippen molar-refractivity contribution in [2.24, 2.45) is 5.10 Å². The SMILES string of the molecule is Cc1nc2ccccc2c(=O)n1CC(=O)N1N=C(c2cccs2)C[C@H]1c1cccs1. The number of fused-ring (bicyclic) bond motifs is 1. The van der Waals surface area contributed by atoms with Crippen molar-refractivity contribution < 1.29 is 4.79 Å². The normalized spacial score (nSPS) is 16.2. The van der Waals surface area contributed by atoms with Crippen LogP contribution in [0, 0.1) is 6.92 Å². The zero-order chi connectivity index (χ0) is 20.7. The molecular weight excluding hydrogens is 416 g/mol. The van der Waals surface area contributed by atoms with E-state index in [0.717, 1.165) is 15.5 Å². The number of nitrogens with zero attached hydrogens (tertiary/aromatic N) is 4. The van der Waals surface area contributed by atoms with Gasteiger partial charge >= 0.3 is 0 Å². The number of carbonyl (C=O) groups is 1. The Morgan fingerprint density at radius 2 is 1.90 bits per heavy atom. The highest BCUT2D eigenvalue weighted by Gasteiger charge is 2.34. The van der Waals surface area contributed by atoms with E-state index in [-0.39, 0.29) is 24.1 Å². The van der Waals surface area contributed by atoms with Crippen molar-refractivity contribution >= 4 is 45.2 Å². The van der Waals surface area contributed by atoms with Crippen LogP contribution in [-0.4, -0.2) is 26.2 Å². The molecule has 4 heterocycles. The number of hydrogen-bond acceptors (Lipinski definition) is 6. The lowest BCUT2D eigenvalue weighted by atomic mass is 10.1. The van der Waals surface area contributed by atoms with Crippen molar-refractivity contribution in [3.63, 3.8) is 0 Å². The van der Waals surface area contributed by atoms with Gasteiger partial charge in [0.05, 0.1) is 27.5 Å². The number of carbonyl (C=O) groups excluding carboxylic acids is 1. The highest BCUT2D eigenvalue weighted by Crippen LogP contribution is 2.36. The minimum Gasteiger partial charge on any atom is -0.287 e. The lowest BCUT2D eigenvalue weighted by Gasteiger charge is -2.21.